The molecule has 0 saturated heterocycles. The van der Waals surface area contributed by atoms with Crippen LogP contribution in [0.2, 0.25) is 0 Å². The lowest BCUT2D eigenvalue weighted by Crippen LogP contribution is -2.47. The lowest BCUT2D eigenvalue weighted by molar-refractivity contribution is -0.149. The number of benzene rings is 1. The SMILES string of the molecule is CCCCOC(=O)C(C)(C)c1cc(O)c2c(c1)OC(C)(C)[C@@H]1CC[C@@H](CO)C[C@@H]21. The second kappa shape index (κ2) is 8.17. The molecule has 2 N–H and O–H groups in total. The molecule has 1 fully saturated rings. The Morgan fingerprint density at radius 1 is 1.31 bits per heavy atom. The zero-order valence-corrected chi connectivity index (χ0v) is 18.5. The van der Waals surface area contributed by atoms with E-state index in [0.29, 0.717) is 23.8 Å². The van der Waals surface area contributed by atoms with Gasteiger partial charge in [-0.25, -0.2) is 0 Å². The number of carbonyl (C=O) groups is 1. The van der Waals surface area contributed by atoms with Crippen molar-refractivity contribution in [3.63, 3.8) is 0 Å². The quantitative estimate of drug-likeness (QED) is 0.532. The molecule has 0 radical (unpaired) electrons. The molecule has 0 bridgehead atoms. The Labute approximate surface area is 174 Å². The summed E-state index contributed by atoms with van der Waals surface area (Å²) in [5.41, 5.74) is 0.269. The smallest absolute Gasteiger partial charge is 0.315 e. The van der Waals surface area contributed by atoms with E-state index in [9.17, 15) is 15.0 Å². The fourth-order valence-electron chi connectivity index (χ4n) is 4.97. The van der Waals surface area contributed by atoms with E-state index in [0.717, 1.165) is 37.7 Å². The summed E-state index contributed by atoms with van der Waals surface area (Å²) in [5, 5.41) is 20.7. The molecule has 1 aliphatic heterocycles. The van der Waals surface area contributed by atoms with E-state index in [1.807, 2.05) is 19.9 Å². The summed E-state index contributed by atoms with van der Waals surface area (Å²) >= 11 is 0. The lowest BCUT2D eigenvalue weighted by atomic mass is 9.63. The van der Waals surface area contributed by atoms with Crippen LogP contribution in [0.5, 0.6) is 11.5 Å². The highest BCUT2D eigenvalue weighted by molar-refractivity contribution is 5.82. The number of rotatable bonds is 6. The van der Waals surface area contributed by atoms with Crippen LogP contribution in [0.15, 0.2) is 12.1 Å². The monoisotopic (exact) mass is 404 g/mol. The Kier molecular flexibility index (Phi) is 6.19. The molecular weight excluding hydrogens is 368 g/mol. The number of hydrogen-bond donors (Lipinski definition) is 2. The number of hydrogen-bond acceptors (Lipinski definition) is 5. The van der Waals surface area contributed by atoms with Gasteiger partial charge in [-0.1, -0.05) is 13.3 Å². The van der Waals surface area contributed by atoms with E-state index in [2.05, 4.69) is 20.8 Å². The van der Waals surface area contributed by atoms with E-state index < -0.39 is 5.41 Å². The number of aliphatic hydroxyl groups is 1. The molecule has 3 rings (SSSR count). The van der Waals surface area contributed by atoms with Crippen molar-refractivity contribution < 1.29 is 24.5 Å². The van der Waals surface area contributed by atoms with Crippen molar-refractivity contribution in [2.24, 2.45) is 11.8 Å². The van der Waals surface area contributed by atoms with Crippen molar-refractivity contribution in [2.45, 2.75) is 83.7 Å². The zero-order chi connectivity index (χ0) is 21.4. The van der Waals surface area contributed by atoms with Crippen molar-refractivity contribution in [1.29, 1.82) is 0 Å². The van der Waals surface area contributed by atoms with Gasteiger partial charge in [0.05, 0.1) is 12.0 Å². The van der Waals surface area contributed by atoms with Crippen molar-refractivity contribution in [1.82, 2.24) is 0 Å². The molecule has 1 saturated carbocycles. The summed E-state index contributed by atoms with van der Waals surface area (Å²) in [7, 11) is 0. The van der Waals surface area contributed by atoms with E-state index in [-0.39, 0.29) is 35.8 Å². The third-order valence-corrected chi connectivity index (χ3v) is 6.94. The second-order valence-corrected chi connectivity index (χ2v) is 9.80. The number of unbranched alkanes of at least 4 members (excludes halogenated alkanes) is 1. The number of aromatic hydroxyl groups is 1. The molecule has 5 heteroatoms. The van der Waals surface area contributed by atoms with Crippen LogP contribution in [0.3, 0.4) is 0 Å². The molecule has 0 amide bonds. The molecule has 1 aromatic rings. The van der Waals surface area contributed by atoms with Crippen molar-refractivity contribution in [3.8, 4) is 11.5 Å². The topological polar surface area (TPSA) is 76.0 Å². The van der Waals surface area contributed by atoms with E-state index in [1.165, 1.54) is 0 Å². The minimum atomic E-state index is -0.884. The number of ether oxygens (including phenoxy) is 2. The van der Waals surface area contributed by atoms with Gasteiger partial charge in [-0.3, -0.25) is 4.79 Å². The summed E-state index contributed by atoms with van der Waals surface area (Å²) in [6.07, 6.45) is 4.60. The maximum Gasteiger partial charge on any atom is 0.315 e. The third-order valence-electron chi connectivity index (χ3n) is 6.94. The van der Waals surface area contributed by atoms with Gasteiger partial charge in [-0.05, 0) is 82.9 Å². The van der Waals surface area contributed by atoms with Crippen LogP contribution in [-0.2, 0) is 14.9 Å². The number of fused-ring (bicyclic) bond motifs is 3. The highest BCUT2D eigenvalue weighted by Gasteiger charge is 2.48. The first-order chi connectivity index (χ1) is 13.6. The van der Waals surface area contributed by atoms with Gasteiger partial charge in [-0.15, -0.1) is 0 Å². The predicted octanol–water partition coefficient (Wildman–Crippen LogP) is 4.68. The van der Waals surface area contributed by atoms with Gasteiger partial charge in [0, 0.05) is 18.1 Å². The van der Waals surface area contributed by atoms with Crippen molar-refractivity contribution in [2.75, 3.05) is 13.2 Å². The fraction of sp³-hybridized carbons (Fsp3) is 0.708. The molecule has 1 heterocycles. The Bertz CT molecular complexity index is 752. The average molecular weight is 405 g/mol. The molecule has 0 unspecified atom stereocenters. The van der Waals surface area contributed by atoms with Gasteiger partial charge in [0.1, 0.15) is 17.1 Å². The Morgan fingerprint density at radius 2 is 2.03 bits per heavy atom. The standard InChI is InChI=1S/C24H36O5/c1-6-7-10-28-22(27)23(2,3)16-12-19(26)21-17-11-15(14-25)8-9-18(17)24(4,5)29-20(21)13-16/h12-13,15,17-18,25-26H,6-11,14H2,1-5H3/t15-,17-,18-/m1/s1. The fourth-order valence-corrected chi connectivity index (χ4v) is 4.97. The van der Waals surface area contributed by atoms with Crippen LogP contribution in [0.4, 0.5) is 0 Å². The number of carbonyl (C=O) groups excluding carboxylic acids is 1. The number of phenolic OH excluding ortho intramolecular Hbond substituents is 1. The van der Waals surface area contributed by atoms with Crippen LogP contribution in [0, 0.1) is 11.8 Å². The summed E-state index contributed by atoms with van der Waals surface area (Å²) in [6, 6.07) is 3.60. The number of aliphatic hydroxyl groups excluding tert-OH is 1. The molecule has 1 aliphatic carbocycles. The summed E-state index contributed by atoms with van der Waals surface area (Å²) in [6.45, 7) is 10.5. The molecule has 1 aromatic carbocycles. The van der Waals surface area contributed by atoms with Gasteiger partial charge >= 0.3 is 5.97 Å². The first-order valence-electron chi connectivity index (χ1n) is 11.0. The van der Waals surface area contributed by atoms with Gasteiger partial charge in [0.2, 0.25) is 0 Å². The second-order valence-electron chi connectivity index (χ2n) is 9.80. The van der Waals surface area contributed by atoms with Crippen LogP contribution in [-0.4, -0.2) is 35.0 Å². The lowest BCUT2D eigenvalue weighted by Gasteiger charge is -2.49. The summed E-state index contributed by atoms with van der Waals surface area (Å²) in [5.74, 6) is 1.23. The third kappa shape index (κ3) is 4.11. The van der Waals surface area contributed by atoms with Gasteiger partial charge in [0.25, 0.3) is 0 Å². The first-order valence-corrected chi connectivity index (χ1v) is 11.0. The Balaban J connectivity index is 1.96. The van der Waals surface area contributed by atoms with Crippen LogP contribution < -0.4 is 4.74 Å². The van der Waals surface area contributed by atoms with Gasteiger partial charge in [-0.2, -0.15) is 0 Å². The molecule has 5 nitrogen and oxygen atoms in total. The van der Waals surface area contributed by atoms with Crippen LogP contribution in [0.1, 0.15) is 83.8 Å². The maximum atomic E-state index is 12.7. The van der Waals surface area contributed by atoms with Gasteiger partial charge in [0.15, 0.2) is 0 Å². The molecule has 2 aliphatic rings. The normalized spacial score (nSPS) is 25.5. The highest BCUT2D eigenvalue weighted by Crippen LogP contribution is 2.56. The Hall–Kier alpha value is -1.75. The average Bonchev–Trinajstić information content (AvgIpc) is 2.66. The predicted molar refractivity (Wildman–Crippen MR) is 112 cm³/mol. The van der Waals surface area contributed by atoms with Gasteiger partial charge < -0.3 is 19.7 Å². The largest absolute Gasteiger partial charge is 0.508 e. The van der Waals surface area contributed by atoms with Crippen LogP contribution >= 0.6 is 0 Å². The summed E-state index contributed by atoms with van der Waals surface area (Å²) in [4.78, 5) is 12.7. The molecular formula is C24H36O5. The molecule has 29 heavy (non-hydrogen) atoms. The minimum absolute atomic E-state index is 0.147. The molecule has 3 atom stereocenters. The zero-order valence-electron chi connectivity index (χ0n) is 18.5. The van der Waals surface area contributed by atoms with Crippen molar-refractivity contribution >= 4 is 5.97 Å². The number of phenols is 1. The maximum absolute atomic E-state index is 12.7. The summed E-state index contributed by atoms with van der Waals surface area (Å²) < 4.78 is 11.8. The molecule has 0 spiro atoms. The molecule has 162 valence electrons. The van der Waals surface area contributed by atoms with E-state index >= 15 is 0 Å². The minimum Gasteiger partial charge on any atom is -0.508 e. The first kappa shape index (κ1) is 21.9. The van der Waals surface area contributed by atoms with Crippen LogP contribution in [0.25, 0.3) is 0 Å². The molecule has 0 aromatic heterocycles. The Morgan fingerprint density at radius 3 is 2.69 bits per heavy atom. The van der Waals surface area contributed by atoms with E-state index in [1.54, 1.807) is 6.07 Å². The highest BCUT2D eigenvalue weighted by atomic mass is 16.5. The van der Waals surface area contributed by atoms with E-state index in [4.69, 9.17) is 9.47 Å². The van der Waals surface area contributed by atoms with Crippen molar-refractivity contribution in [3.05, 3.63) is 23.3 Å². The number of esters is 1.